The van der Waals surface area contributed by atoms with Gasteiger partial charge in [0.15, 0.2) is 0 Å². The van der Waals surface area contributed by atoms with E-state index in [9.17, 15) is 23.2 Å². The smallest absolute Gasteiger partial charge is 0.317 e. The fraction of sp³-hybridized carbons (Fsp3) is 0.462. The van der Waals surface area contributed by atoms with Gasteiger partial charge in [0.1, 0.15) is 18.3 Å². The van der Waals surface area contributed by atoms with Crippen molar-refractivity contribution in [1.82, 2.24) is 25.4 Å². The van der Waals surface area contributed by atoms with Gasteiger partial charge in [0.05, 0.1) is 18.3 Å². The molecule has 194 valence electrons. The SMILES string of the molecule is CC(C)c1ccc([C@@H](NC(=O)[C@@H]2C[C@@H](F)CN2C(=O)[C@@H](C)NC(=O)N(C)C)c2ccccc2)nc1F. The molecule has 1 saturated heterocycles. The topological polar surface area (TPSA) is 94.6 Å². The number of likely N-dealkylation sites (tertiary alicyclic amines) is 1. The van der Waals surface area contributed by atoms with Gasteiger partial charge in [-0.15, -0.1) is 0 Å². The van der Waals surface area contributed by atoms with Crippen LogP contribution in [0.3, 0.4) is 0 Å². The first-order chi connectivity index (χ1) is 17.0. The summed E-state index contributed by atoms with van der Waals surface area (Å²) in [5, 5.41) is 5.38. The number of nitrogens with one attached hydrogen (secondary N) is 2. The first-order valence-electron chi connectivity index (χ1n) is 11.9. The van der Waals surface area contributed by atoms with Crippen molar-refractivity contribution in [2.75, 3.05) is 20.6 Å². The van der Waals surface area contributed by atoms with Crippen LogP contribution in [0.4, 0.5) is 13.6 Å². The molecule has 4 atom stereocenters. The van der Waals surface area contributed by atoms with E-state index in [1.165, 1.54) is 25.9 Å². The van der Waals surface area contributed by atoms with Crippen molar-refractivity contribution < 1.29 is 23.2 Å². The number of hydrogen-bond acceptors (Lipinski definition) is 4. The second-order valence-corrected chi connectivity index (χ2v) is 9.53. The fourth-order valence-corrected chi connectivity index (χ4v) is 4.16. The van der Waals surface area contributed by atoms with E-state index in [4.69, 9.17) is 0 Å². The van der Waals surface area contributed by atoms with E-state index in [1.807, 2.05) is 19.9 Å². The molecule has 8 nitrogen and oxygen atoms in total. The first kappa shape index (κ1) is 27.0. The highest BCUT2D eigenvalue weighted by molar-refractivity contribution is 5.92. The second-order valence-electron chi connectivity index (χ2n) is 9.53. The number of aromatic nitrogens is 1. The Hall–Kier alpha value is -3.56. The Morgan fingerprint density at radius 2 is 1.72 bits per heavy atom. The average Bonchev–Trinajstić information content (AvgIpc) is 3.23. The number of urea groups is 1. The summed E-state index contributed by atoms with van der Waals surface area (Å²) >= 11 is 0. The largest absolute Gasteiger partial charge is 0.342 e. The normalized spacial score (nSPS) is 19.1. The standard InChI is InChI=1S/C26H33F2N5O3/c1-15(2)19-11-12-20(30-23(19)28)22(17-9-7-6-8-10-17)31-24(34)21-13-18(27)14-33(21)25(35)16(3)29-26(36)32(4)5/h6-12,15-16,18,21-22H,13-14H2,1-5H3,(H,29,36)(H,31,34)/t16-,18-,21+,22+/m1/s1. The number of hydrogen-bond donors (Lipinski definition) is 2. The van der Waals surface area contributed by atoms with Crippen LogP contribution in [-0.2, 0) is 9.59 Å². The van der Waals surface area contributed by atoms with Crippen LogP contribution in [0, 0.1) is 5.95 Å². The summed E-state index contributed by atoms with van der Waals surface area (Å²) < 4.78 is 29.1. The second kappa shape index (κ2) is 11.5. The van der Waals surface area contributed by atoms with Crippen molar-refractivity contribution in [3.8, 4) is 0 Å². The third-order valence-electron chi connectivity index (χ3n) is 6.19. The number of alkyl halides is 1. The molecule has 0 aliphatic carbocycles. The highest BCUT2D eigenvalue weighted by Crippen LogP contribution is 2.27. The Morgan fingerprint density at radius 1 is 1.06 bits per heavy atom. The maximum Gasteiger partial charge on any atom is 0.317 e. The van der Waals surface area contributed by atoms with E-state index in [-0.39, 0.29) is 24.6 Å². The van der Waals surface area contributed by atoms with Crippen molar-refractivity contribution in [3.05, 3.63) is 65.2 Å². The van der Waals surface area contributed by atoms with Crippen molar-refractivity contribution >= 4 is 17.8 Å². The van der Waals surface area contributed by atoms with Gasteiger partial charge in [0, 0.05) is 26.1 Å². The van der Waals surface area contributed by atoms with E-state index in [0.29, 0.717) is 11.1 Å². The van der Waals surface area contributed by atoms with E-state index in [2.05, 4.69) is 15.6 Å². The molecule has 0 saturated carbocycles. The predicted molar refractivity (Wildman–Crippen MR) is 131 cm³/mol. The molecule has 2 N–H and O–H groups in total. The highest BCUT2D eigenvalue weighted by atomic mass is 19.1. The predicted octanol–water partition coefficient (Wildman–Crippen LogP) is 3.15. The van der Waals surface area contributed by atoms with Gasteiger partial charge in [-0.25, -0.2) is 14.2 Å². The summed E-state index contributed by atoms with van der Waals surface area (Å²) in [5.74, 6) is -1.83. The van der Waals surface area contributed by atoms with Crippen LogP contribution in [0.5, 0.6) is 0 Å². The molecule has 0 spiro atoms. The molecule has 1 aromatic carbocycles. The maximum absolute atomic E-state index is 14.7. The minimum Gasteiger partial charge on any atom is -0.342 e. The molecular formula is C26H33F2N5O3. The molecule has 1 aliphatic rings. The summed E-state index contributed by atoms with van der Waals surface area (Å²) in [4.78, 5) is 44.9. The number of rotatable bonds is 7. The molecule has 0 unspecified atom stereocenters. The van der Waals surface area contributed by atoms with Gasteiger partial charge in [-0.1, -0.05) is 50.2 Å². The molecule has 2 heterocycles. The Morgan fingerprint density at radius 3 is 2.31 bits per heavy atom. The Kier molecular flexibility index (Phi) is 8.60. The third-order valence-corrected chi connectivity index (χ3v) is 6.19. The number of halogens is 2. The molecule has 10 heteroatoms. The van der Waals surface area contributed by atoms with Crippen molar-refractivity contribution in [1.29, 1.82) is 0 Å². The summed E-state index contributed by atoms with van der Waals surface area (Å²) in [5.41, 5.74) is 1.41. The van der Waals surface area contributed by atoms with Gasteiger partial charge in [0.2, 0.25) is 17.8 Å². The Bertz CT molecular complexity index is 1100. The van der Waals surface area contributed by atoms with E-state index >= 15 is 0 Å². The number of amides is 4. The van der Waals surface area contributed by atoms with Gasteiger partial charge >= 0.3 is 6.03 Å². The minimum atomic E-state index is -1.39. The molecule has 2 aromatic rings. The Balaban J connectivity index is 1.86. The fourth-order valence-electron chi connectivity index (χ4n) is 4.16. The zero-order valence-corrected chi connectivity index (χ0v) is 21.2. The first-order valence-corrected chi connectivity index (χ1v) is 11.9. The van der Waals surface area contributed by atoms with E-state index in [1.54, 1.807) is 36.4 Å². The van der Waals surface area contributed by atoms with E-state index in [0.717, 1.165) is 4.90 Å². The van der Waals surface area contributed by atoms with Gasteiger partial charge in [-0.3, -0.25) is 9.59 Å². The summed E-state index contributed by atoms with van der Waals surface area (Å²) in [7, 11) is 3.06. The molecule has 4 amide bonds. The van der Waals surface area contributed by atoms with Crippen LogP contribution in [0.2, 0.25) is 0 Å². The van der Waals surface area contributed by atoms with Crippen LogP contribution in [0.15, 0.2) is 42.5 Å². The van der Waals surface area contributed by atoms with E-state index < -0.39 is 48.1 Å². The summed E-state index contributed by atoms with van der Waals surface area (Å²) in [6, 6.07) is 8.90. The lowest BCUT2D eigenvalue weighted by atomic mass is 9.99. The third kappa shape index (κ3) is 6.16. The number of pyridine rings is 1. The molecule has 3 rings (SSSR count). The lowest BCUT2D eigenvalue weighted by Crippen LogP contribution is -2.54. The number of carbonyl (C=O) groups is 3. The van der Waals surface area contributed by atoms with Gasteiger partial charge in [-0.05, 0) is 24.5 Å². The minimum absolute atomic E-state index is 0.0640. The molecule has 1 aromatic heterocycles. The summed E-state index contributed by atoms with van der Waals surface area (Å²) in [6.45, 7) is 4.94. The van der Waals surface area contributed by atoms with Crippen molar-refractivity contribution in [2.45, 2.75) is 57.4 Å². The molecule has 0 bridgehead atoms. The highest BCUT2D eigenvalue weighted by Gasteiger charge is 2.42. The van der Waals surface area contributed by atoms with Crippen molar-refractivity contribution in [2.24, 2.45) is 0 Å². The zero-order chi connectivity index (χ0) is 26.6. The average molecular weight is 502 g/mol. The van der Waals surface area contributed by atoms with Crippen LogP contribution in [0.25, 0.3) is 0 Å². The molecule has 1 fully saturated rings. The van der Waals surface area contributed by atoms with Gasteiger partial charge in [0.25, 0.3) is 0 Å². The number of carbonyl (C=O) groups excluding carboxylic acids is 3. The summed E-state index contributed by atoms with van der Waals surface area (Å²) in [6.07, 6.45) is -1.57. The number of benzene rings is 1. The number of nitrogens with zero attached hydrogens (tertiary/aromatic N) is 3. The monoisotopic (exact) mass is 501 g/mol. The van der Waals surface area contributed by atoms with Gasteiger partial charge in [-0.2, -0.15) is 4.39 Å². The van der Waals surface area contributed by atoms with Crippen LogP contribution < -0.4 is 10.6 Å². The molecule has 36 heavy (non-hydrogen) atoms. The van der Waals surface area contributed by atoms with Crippen LogP contribution in [0.1, 0.15) is 56.0 Å². The van der Waals surface area contributed by atoms with Crippen molar-refractivity contribution in [3.63, 3.8) is 0 Å². The lowest BCUT2D eigenvalue weighted by Gasteiger charge is -2.29. The van der Waals surface area contributed by atoms with Crippen LogP contribution in [-0.4, -0.2) is 71.5 Å². The lowest BCUT2D eigenvalue weighted by molar-refractivity contribution is -0.139. The quantitative estimate of drug-likeness (QED) is 0.570. The molecular weight excluding hydrogens is 468 g/mol. The van der Waals surface area contributed by atoms with Gasteiger partial charge < -0.3 is 20.4 Å². The molecule has 0 radical (unpaired) electrons. The Labute approximate surface area is 210 Å². The maximum atomic E-state index is 14.7. The molecule has 1 aliphatic heterocycles. The van der Waals surface area contributed by atoms with Crippen LogP contribution >= 0.6 is 0 Å². The zero-order valence-electron chi connectivity index (χ0n) is 21.2.